The predicted molar refractivity (Wildman–Crippen MR) is 87.4 cm³/mol. The van der Waals surface area contributed by atoms with Gasteiger partial charge in [0.2, 0.25) is 11.8 Å². The van der Waals surface area contributed by atoms with E-state index in [2.05, 4.69) is 13.8 Å². The van der Waals surface area contributed by atoms with Crippen LogP contribution in [0.2, 0.25) is 0 Å². The third kappa shape index (κ3) is 4.07. The molecule has 22 heavy (non-hydrogen) atoms. The number of likely N-dealkylation sites (tertiary alicyclic amines) is 1. The number of piperidine rings is 1. The first kappa shape index (κ1) is 16.5. The van der Waals surface area contributed by atoms with Crippen LogP contribution in [0.1, 0.15) is 26.7 Å². The number of benzene rings is 1. The van der Waals surface area contributed by atoms with Crippen molar-refractivity contribution in [1.82, 2.24) is 4.90 Å². The van der Waals surface area contributed by atoms with Crippen molar-refractivity contribution in [2.24, 2.45) is 11.1 Å². The monoisotopic (exact) mass is 303 g/mol. The van der Waals surface area contributed by atoms with Crippen molar-refractivity contribution in [2.75, 3.05) is 31.1 Å². The van der Waals surface area contributed by atoms with E-state index >= 15 is 0 Å². The zero-order valence-electron chi connectivity index (χ0n) is 13.4. The molecule has 1 aromatic carbocycles. The van der Waals surface area contributed by atoms with Crippen molar-refractivity contribution in [2.45, 2.75) is 26.7 Å². The second kappa shape index (κ2) is 6.92. The number of para-hydroxylation sites is 1. The van der Waals surface area contributed by atoms with Crippen LogP contribution in [0.15, 0.2) is 30.3 Å². The zero-order valence-corrected chi connectivity index (χ0v) is 13.4. The van der Waals surface area contributed by atoms with E-state index in [4.69, 9.17) is 5.73 Å². The zero-order chi connectivity index (χ0) is 16.2. The highest BCUT2D eigenvalue weighted by Gasteiger charge is 2.29. The Hall–Kier alpha value is -1.88. The quantitative estimate of drug-likeness (QED) is 0.919. The number of amides is 2. The Morgan fingerprint density at radius 2 is 1.77 bits per heavy atom. The number of hydrogen-bond donors (Lipinski definition) is 1. The Balaban J connectivity index is 2.05. The van der Waals surface area contributed by atoms with E-state index in [1.165, 1.54) is 4.90 Å². The number of carbonyl (C=O) groups excluding carboxylic acids is 2. The third-order valence-corrected chi connectivity index (χ3v) is 4.31. The lowest BCUT2D eigenvalue weighted by atomic mass is 9.83. The second-order valence-corrected chi connectivity index (χ2v) is 6.56. The first-order valence-electron chi connectivity index (χ1n) is 7.76. The Labute approximate surface area is 132 Å². The number of nitrogens with zero attached hydrogens (tertiary/aromatic N) is 2. The van der Waals surface area contributed by atoms with E-state index in [9.17, 15) is 9.59 Å². The van der Waals surface area contributed by atoms with Crippen LogP contribution in [0.5, 0.6) is 0 Å². The molecule has 0 saturated carbocycles. The topological polar surface area (TPSA) is 66.6 Å². The SMILES string of the molecule is CC1(C)CCN(C(=O)CN(C(=O)CN)c2ccccc2)CC1. The Morgan fingerprint density at radius 3 is 2.32 bits per heavy atom. The molecule has 1 fully saturated rings. The summed E-state index contributed by atoms with van der Waals surface area (Å²) >= 11 is 0. The van der Waals surface area contributed by atoms with Gasteiger partial charge in [-0.15, -0.1) is 0 Å². The van der Waals surface area contributed by atoms with Crippen LogP contribution in [0.4, 0.5) is 5.69 Å². The fourth-order valence-electron chi connectivity index (χ4n) is 2.64. The lowest BCUT2D eigenvalue weighted by molar-refractivity contribution is -0.133. The summed E-state index contributed by atoms with van der Waals surface area (Å²) in [7, 11) is 0. The van der Waals surface area contributed by atoms with E-state index in [0.29, 0.717) is 11.1 Å². The average Bonchev–Trinajstić information content (AvgIpc) is 2.52. The highest BCUT2D eigenvalue weighted by molar-refractivity contribution is 5.99. The van der Waals surface area contributed by atoms with E-state index in [-0.39, 0.29) is 24.9 Å². The highest BCUT2D eigenvalue weighted by Crippen LogP contribution is 2.29. The molecule has 1 aromatic rings. The van der Waals surface area contributed by atoms with Gasteiger partial charge in [-0.2, -0.15) is 0 Å². The van der Waals surface area contributed by atoms with Crippen LogP contribution >= 0.6 is 0 Å². The Morgan fingerprint density at radius 1 is 1.18 bits per heavy atom. The molecule has 0 unspecified atom stereocenters. The van der Waals surface area contributed by atoms with Crippen LogP contribution in [0.25, 0.3) is 0 Å². The number of carbonyl (C=O) groups is 2. The van der Waals surface area contributed by atoms with Gasteiger partial charge in [0.25, 0.3) is 0 Å². The lowest BCUT2D eigenvalue weighted by Gasteiger charge is -2.37. The molecule has 2 amide bonds. The van der Waals surface area contributed by atoms with Gasteiger partial charge < -0.3 is 15.5 Å². The van der Waals surface area contributed by atoms with E-state index in [1.54, 1.807) is 0 Å². The maximum Gasteiger partial charge on any atom is 0.242 e. The molecule has 0 atom stereocenters. The summed E-state index contributed by atoms with van der Waals surface area (Å²) in [6.07, 6.45) is 1.99. The van der Waals surface area contributed by atoms with Gasteiger partial charge in [-0.25, -0.2) is 0 Å². The molecule has 2 N–H and O–H groups in total. The number of nitrogens with two attached hydrogens (primary N) is 1. The number of anilines is 1. The van der Waals surface area contributed by atoms with Crippen molar-refractivity contribution in [3.05, 3.63) is 30.3 Å². The molecule has 1 aliphatic heterocycles. The molecule has 2 rings (SSSR count). The molecular formula is C17H25N3O2. The molecule has 0 aromatic heterocycles. The molecule has 1 heterocycles. The molecule has 1 saturated heterocycles. The van der Waals surface area contributed by atoms with Crippen molar-refractivity contribution in [1.29, 1.82) is 0 Å². The van der Waals surface area contributed by atoms with Crippen molar-refractivity contribution in [3.63, 3.8) is 0 Å². The van der Waals surface area contributed by atoms with Gasteiger partial charge in [-0.1, -0.05) is 32.0 Å². The van der Waals surface area contributed by atoms with Gasteiger partial charge in [-0.05, 0) is 30.4 Å². The van der Waals surface area contributed by atoms with Gasteiger partial charge in [0.15, 0.2) is 0 Å². The van der Waals surface area contributed by atoms with Crippen molar-refractivity contribution >= 4 is 17.5 Å². The van der Waals surface area contributed by atoms with Crippen molar-refractivity contribution in [3.8, 4) is 0 Å². The van der Waals surface area contributed by atoms with E-state index < -0.39 is 0 Å². The third-order valence-electron chi connectivity index (χ3n) is 4.31. The minimum absolute atomic E-state index is 0.0128. The molecule has 0 bridgehead atoms. The molecule has 0 radical (unpaired) electrons. The summed E-state index contributed by atoms with van der Waals surface area (Å²) in [5, 5.41) is 0. The van der Waals surface area contributed by atoms with Crippen LogP contribution in [-0.2, 0) is 9.59 Å². The van der Waals surface area contributed by atoms with E-state index in [1.807, 2.05) is 35.2 Å². The van der Waals surface area contributed by atoms with Gasteiger partial charge in [0, 0.05) is 18.8 Å². The minimum Gasteiger partial charge on any atom is -0.341 e. The Kier molecular flexibility index (Phi) is 5.19. The Bertz CT molecular complexity index is 518. The molecule has 5 nitrogen and oxygen atoms in total. The van der Waals surface area contributed by atoms with Gasteiger partial charge in [0.1, 0.15) is 6.54 Å². The fraction of sp³-hybridized carbons (Fsp3) is 0.529. The standard InChI is InChI=1S/C17H25N3O2/c1-17(2)8-10-19(11-9-17)16(22)13-20(15(21)12-18)14-6-4-3-5-7-14/h3-7H,8-13,18H2,1-2H3. The molecule has 0 spiro atoms. The van der Waals surface area contributed by atoms with Crippen LogP contribution in [0, 0.1) is 5.41 Å². The van der Waals surface area contributed by atoms with Crippen LogP contribution in [0.3, 0.4) is 0 Å². The maximum absolute atomic E-state index is 12.5. The summed E-state index contributed by atoms with van der Waals surface area (Å²) in [5.41, 5.74) is 6.49. The number of hydrogen-bond acceptors (Lipinski definition) is 3. The molecule has 5 heteroatoms. The highest BCUT2D eigenvalue weighted by atomic mass is 16.2. The summed E-state index contributed by atoms with van der Waals surface area (Å²) in [5.74, 6) is -0.252. The first-order chi connectivity index (χ1) is 10.4. The second-order valence-electron chi connectivity index (χ2n) is 6.56. The van der Waals surface area contributed by atoms with E-state index in [0.717, 1.165) is 25.9 Å². The lowest BCUT2D eigenvalue weighted by Crippen LogP contribution is -2.48. The molecular weight excluding hydrogens is 278 g/mol. The van der Waals surface area contributed by atoms with Gasteiger partial charge in [0.05, 0.1) is 6.54 Å². The normalized spacial score (nSPS) is 17.1. The van der Waals surface area contributed by atoms with Crippen LogP contribution < -0.4 is 10.6 Å². The minimum atomic E-state index is -0.239. The predicted octanol–water partition coefficient (Wildman–Crippen LogP) is 1.63. The maximum atomic E-state index is 12.5. The molecule has 1 aliphatic rings. The summed E-state index contributed by atoms with van der Waals surface area (Å²) in [6.45, 7) is 5.91. The fourth-order valence-corrected chi connectivity index (χ4v) is 2.64. The van der Waals surface area contributed by atoms with Gasteiger partial charge in [-0.3, -0.25) is 9.59 Å². The summed E-state index contributed by atoms with van der Waals surface area (Å²) in [6, 6.07) is 9.21. The average molecular weight is 303 g/mol. The van der Waals surface area contributed by atoms with Crippen LogP contribution in [-0.4, -0.2) is 42.9 Å². The molecule has 120 valence electrons. The van der Waals surface area contributed by atoms with Crippen molar-refractivity contribution < 1.29 is 9.59 Å². The molecule has 0 aliphatic carbocycles. The first-order valence-corrected chi connectivity index (χ1v) is 7.76. The smallest absolute Gasteiger partial charge is 0.242 e. The van der Waals surface area contributed by atoms with Gasteiger partial charge >= 0.3 is 0 Å². The largest absolute Gasteiger partial charge is 0.341 e. The summed E-state index contributed by atoms with van der Waals surface area (Å²) in [4.78, 5) is 27.9. The number of rotatable bonds is 4. The summed E-state index contributed by atoms with van der Waals surface area (Å²) < 4.78 is 0.